The van der Waals surface area contributed by atoms with E-state index in [1.165, 1.54) is 31.9 Å². The summed E-state index contributed by atoms with van der Waals surface area (Å²) in [7, 11) is 1.37. The summed E-state index contributed by atoms with van der Waals surface area (Å²) in [4.78, 5) is 119. The Kier molecular flexibility index (Phi) is 16.1. The first-order valence-corrected chi connectivity index (χ1v) is 24.4. The summed E-state index contributed by atoms with van der Waals surface area (Å²) in [5.41, 5.74) is 1.20. The van der Waals surface area contributed by atoms with E-state index in [-0.39, 0.29) is 120 Å². The highest BCUT2D eigenvalue weighted by molar-refractivity contribution is 8.01. The lowest BCUT2D eigenvalue weighted by atomic mass is 9.75. The normalized spacial score (nSPS) is 18.2. The van der Waals surface area contributed by atoms with Gasteiger partial charge in [-0.3, -0.25) is 43.3 Å². The summed E-state index contributed by atoms with van der Waals surface area (Å²) in [6.45, 7) is 6.09. The van der Waals surface area contributed by atoms with Crippen molar-refractivity contribution >= 4 is 70.6 Å². The van der Waals surface area contributed by atoms with Crippen LogP contribution in [0.4, 0.5) is 10.5 Å². The summed E-state index contributed by atoms with van der Waals surface area (Å²) in [5, 5.41) is 32.8. The maximum atomic E-state index is 13.6. The highest BCUT2D eigenvalue weighted by Crippen LogP contribution is 2.48. The molecule has 6 N–H and O–H groups in total. The van der Waals surface area contributed by atoms with Crippen molar-refractivity contribution in [2.24, 2.45) is 11.8 Å². The maximum absolute atomic E-state index is 13.6. The summed E-state index contributed by atoms with van der Waals surface area (Å²) < 4.78 is 10.6. The van der Waals surface area contributed by atoms with E-state index in [0.717, 1.165) is 24.2 Å². The van der Waals surface area contributed by atoms with E-state index < -0.39 is 58.3 Å². The second-order valence-electron chi connectivity index (χ2n) is 18.1. The minimum absolute atomic E-state index is 0.0234. The Balaban J connectivity index is 0.772. The van der Waals surface area contributed by atoms with Crippen molar-refractivity contribution in [1.29, 1.82) is 0 Å². The van der Waals surface area contributed by atoms with Gasteiger partial charge in [-0.05, 0) is 56.4 Å². The minimum Gasteiger partial charge on any atom is -0.507 e. The Bertz CT molecular complexity index is 2600. The molecule has 3 aromatic rings. The average Bonchev–Trinajstić information content (AvgIpc) is 3.60. The highest BCUT2D eigenvalue weighted by atomic mass is 32.2. The van der Waals surface area contributed by atoms with E-state index in [2.05, 4.69) is 28.2 Å². The van der Waals surface area contributed by atoms with E-state index in [1.807, 2.05) is 6.92 Å². The zero-order valence-corrected chi connectivity index (χ0v) is 40.3. The molecule has 0 bridgehead atoms. The quantitative estimate of drug-likeness (QED) is 0.0578. The van der Waals surface area contributed by atoms with Gasteiger partial charge in [0, 0.05) is 78.5 Å². The molecule has 70 heavy (non-hydrogen) atoms. The van der Waals surface area contributed by atoms with E-state index >= 15 is 0 Å². The summed E-state index contributed by atoms with van der Waals surface area (Å²) in [6.07, 6.45) is 2.97. The maximum Gasteiger partial charge on any atom is 0.407 e. The standard InChI is InChI=1S/C50H58N6O13S/c1-5-6-8-26(2)70-36-20-39(59)56(49(36)66)18-17-37(57)53-27(3)47(64)51-22-38(58)54-31-14-11-28(12-15-31)25-69-50(67)52-21-29-23-55(24-29)48(65)30-13-16-32-34(19-30)45(62)41-42(43(32)60)46(63)40-33(44(41)61)9-7-10-35(40)68-4/h7,9-12,14-15,26-27,29-30,36,60,62H,5-6,8,13,16-25H2,1-4H3,(H,51,64)(H,52,67)(H,53,57)(H,54,58). The lowest BCUT2D eigenvalue weighted by Gasteiger charge is -2.42. The number of nitrogens with zero attached hydrogens (tertiary/aromatic N) is 2. The van der Waals surface area contributed by atoms with Gasteiger partial charge in [-0.1, -0.05) is 51.0 Å². The number of fused-ring (bicyclic) bond motifs is 3. The molecule has 4 unspecified atom stereocenters. The molecule has 7 rings (SSSR count). The number of aromatic hydroxyl groups is 2. The molecule has 0 aromatic heterocycles. The van der Waals surface area contributed by atoms with Crippen LogP contribution < -0.4 is 26.0 Å². The predicted octanol–water partition coefficient (Wildman–Crippen LogP) is 3.76. The van der Waals surface area contributed by atoms with Crippen LogP contribution in [0.15, 0.2) is 42.5 Å². The number of unbranched alkanes of at least 4 members (excludes halogenated alkanes) is 1. The number of phenols is 2. The molecule has 3 aromatic carbocycles. The summed E-state index contributed by atoms with van der Waals surface area (Å²) in [6, 6.07) is 10.1. The largest absolute Gasteiger partial charge is 0.507 e. The molecule has 0 saturated carbocycles. The van der Waals surface area contributed by atoms with Gasteiger partial charge < -0.3 is 45.9 Å². The molecule has 4 atom stereocenters. The van der Waals surface area contributed by atoms with E-state index in [1.54, 1.807) is 41.3 Å². The lowest BCUT2D eigenvalue weighted by molar-refractivity contribution is -0.142. The Morgan fingerprint density at radius 2 is 1.59 bits per heavy atom. The van der Waals surface area contributed by atoms with E-state index in [0.29, 0.717) is 36.3 Å². The molecule has 7 amide bonds. The number of carbonyl (C=O) groups excluding carboxylic acids is 9. The number of thioether (sulfide) groups is 1. The van der Waals surface area contributed by atoms with Crippen molar-refractivity contribution in [3.05, 3.63) is 81.4 Å². The number of amides is 7. The number of carbonyl (C=O) groups is 9. The number of hydrogen-bond donors (Lipinski definition) is 6. The molecule has 20 heteroatoms. The Morgan fingerprint density at radius 3 is 2.30 bits per heavy atom. The zero-order chi connectivity index (χ0) is 50.4. The lowest BCUT2D eigenvalue weighted by Crippen LogP contribution is -2.55. The van der Waals surface area contributed by atoms with Crippen LogP contribution in [0.25, 0.3) is 0 Å². The molecule has 2 fully saturated rings. The third-order valence-electron chi connectivity index (χ3n) is 13.1. The second-order valence-corrected chi connectivity index (χ2v) is 19.8. The molecule has 19 nitrogen and oxygen atoms in total. The fraction of sp³-hybridized carbons (Fsp3) is 0.460. The highest BCUT2D eigenvalue weighted by Gasteiger charge is 2.43. The first-order chi connectivity index (χ1) is 33.5. The molecule has 2 saturated heterocycles. The van der Waals surface area contributed by atoms with Crippen molar-refractivity contribution in [2.75, 3.05) is 45.2 Å². The monoisotopic (exact) mass is 982 g/mol. The minimum atomic E-state index is -0.984. The van der Waals surface area contributed by atoms with Crippen molar-refractivity contribution in [1.82, 2.24) is 25.8 Å². The Labute approximate surface area is 408 Å². The topological polar surface area (TPSA) is 267 Å². The van der Waals surface area contributed by atoms with Gasteiger partial charge in [0.05, 0.1) is 35.6 Å². The molecule has 4 aliphatic rings. The van der Waals surface area contributed by atoms with Crippen LogP contribution in [0.1, 0.15) is 108 Å². The fourth-order valence-corrected chi connectivity index (χ4v) is 10.6. The molecule has 0 radical (unpaired) electrons. The molecule has 2 aliphatic carbocycles. The van der Waals surface area contributed by atoms with Crippen LogP contribution in [-0.2, 0) is 53.0 Å². The first-order valence-electron chi connectivity index (χ1n) is 23.5. The number of phenolic OH excluding ortho intramolecular Hbond substituents is 2. The van der Waals surface area contributed by atoms with Crippen LogP contribution in [0.3, 0.4) is 0 Å². The van der Waals surface area contributed by atoms with Crippen LogP contribution >= 0.6 is 11.8 Å². The number of alkyl carbamates (subject to hydrolysis) is 1. The number of rotatable bonds is 19. The zero-order valence-electron chi connectivity index (χ0n) is 39.5. The molecule has 2 aliphatic heterocycles. The van der Waals surface area contributed by atoms with Gasteiger partial charge in [0.2, 0.25) is 41.2 Å². The fourth-order valence-electron chi connectivity index (χ4n) is 9.22. The van der Waals surface area contributed by atoms with Gasteiger partial charge in [0.25, 0.3) is 0 Å². The van der Waals surface area contributed by atoms with Gasteiger partial charge in [-0.25, -0.2) is 4.79 Å². The van der Waals surface area contributed by atoms with E-state index in [4.69, 9.17) is 9.47 Å². The summed E-state index contributed by atoms with van der Waals surface area (Å²) in [5.74, 6) is -4.82. The van der Waals surface area contributed by atoms with Crippen LogP contribution in [0.2, 0.25) is 0 Å². The Morgan fingerprint density at radius 1 is 0.871 bits per heavy atom. The van der Waals surface area contributed by atoms with Gasteiger partial charge >= 0.3 is 6.09 Å². The Hall–Kier alpha value is -6.96. The average molecular weight is 983 g/mol. The van der Waals surface area contributed by atoms with Crippen molar-refractivity contribution in [3.8, 4) is 17.2 Å². The summed E-state index contributed by atoms with van der Waals surface area (Å²) >= 11 is 1.49. The number of nitrogens with one attached hydrogen (secondary N) is 4. The predicted molar refractivity (Wildman–Crippen MR) is 255 cm³/mol. The molecule has 372 valence electrons. The smallest absolute Gasteiger partial charge is 0.407 e. The van der Waals surface area contributed by atoms with Crippen LogP contribution in [0, 0.1) is 11.8 Å². The van der Waals surface area contributed by atoms with Gasteiger partial charge in [0.1, 0.15) is 29.9 Å². The number of ether oxygens (including phenoxy) is 2. The molecule has 2 heterocycles. The SMILES string of the molecule is CCCCC(C)SC1CC(=O)N(CCC(=O)NC(C)C(=O)NCC(=O)Nc2ccc(COC(=O)NCC3CN(C(=O)C4CCc5c(O)c6c(c(O)c5C4)C(=O)c4cccc(OC)c4C6=O)C3)cc2)C1=O. The first kappa shape index (κ1) is 50.9. The third-order valence-corrected chi connectivity index (χ3v) is 14.5. The van der Waals surface area contributed by atoms with Crippen molar-refractivity contribution in [3.63, 3.8) is 0 Å². The third kappa shape index (κ3) is 11.2. The molecular weight excluding hydrogens is 925 g/mol. The number of benzene rings is 3. The van der Waals surface area contributed by atoms with Crippen LogP contribution in [-0.4, -0.2) is 129 Å². The van der Waals surface area contributed by atoms with Crippen LogP contribution in [0.5, 0.6) is 17.2 Å². The number of methoxy groups -OCH3 is 1. The molecule has 0 spiro atoms. The number of likely N-dealkylation sites (tertiary alicyclic amines) is 2. The van der Waals surface area contributed by atoms with Gasteiger partial charge in [-0.15, -0.1) is 11.8 Å². The number of anilines is 1. The van der Waals surface area contributed by atoms with Crippen molar-refractivity contribution in [2.45, 2.75) is 95.3 Å². The number of hydrogen-bond acceptors (Lipinski definition) is 14. The number of imide groups is 1. The number of ketones is 2. The second kappa shape index (κ2) is 22.2. The van der Waals surface area contributed by atoms with Gasteiger partial charge in [0.15, 0.2) is 5.78 Å². The van der Waals surface area contributed by atoms with Gasteiger partial charge in [-0.2, -0.15) is 0 Å². The molecular formula is C50H58N6O13S. The van der Waals surface area contributed by atoms with E-state index in [9.17, 15) is 53.4 Å². The van der Waals surface area contributed by atoms with Crippen molar-refractivity contribution < 1.29 is 62.8 Å².